The normalized spacial score (nSPS) is 14.0. The number of carbonyl (C=O) groups is 1. The average Bonchev–Trinajstić information content (AvgIpc) is 3.32. The third-order valence-electron chi connectivity index (χ3n) is 4.36. The van der Waals surface area contributed by atoms with Gasteiger partial charge >= 0.3 is 0 Å². The van der Waals surface area contributed by atoms with Crippen LogP contribution in [-0.2, 0) is 12.8 Å². The minimum absolute atomic E-state index is 0.0372. The molecule has 0 spiro atoms. The van der Waals surface area contributed by atoms with Gasteiger partial charge in [-0.2, -0.15) is 0 Å². The number of nitrogens with zero attached hydrogens (tertiary/aromatic N) is 1. The van der Waals surface area contributed by atoms with Crippen molar-refractivity contribution < 1.29 is 9.32 Å². The SMILES string of the molecule is CCCC(NC(=O)c1noc2c1CCc1sccc1-2)c1cccs1. The van der Waals surface area contributed by atoms with Crippen LogP contribution >= 0.6 is 22.7 Å². The molecule has 3 aromatic rings. The van der Waals surface area contributed by atoms with Crippen LogP contribution in [-0.4, -0.2) is 11.1 Å². The molecule has 0 fully saturated rings. The summed E-state index contributed by atoms with van der Waals surface area (Å²) >= 11 is 3.41. The summed E-state index contributed by atoms with van der Waals surface area (Å²) in [5.74, 6) is 0.636. The highest BCUT2D eigenvalue weighted by molar-refractivity contribution is 7.10. The zero-order valence-electron chi connectivity index (χ0n) is 13.4. The second-order valence-corrected chi connectivity index (χ2v) is 7.91. The van der Waals surface area contributed by atoms with E-state index in [2.05, 4.69) is 34.9 Å². The lowest BCUT2D eigenvalue weighted by atomic mass is 9.95. The molecule has 1 aliphatic rings. The van der Waals surface area contributed by atoms with Crippen LogP contribution in [0.3, 0.4) is 0 Å². The molecule has 4 nitrogen and oxygen atoms in total. The van der Waals surface area contributed by atoms with Crippen LogP contribution in [0.2, 0.25) is 0 Å². The van der Waals surface area contributed by atoms with E-state index in [9.17, 15) is 4.79 Å². The van der Waals surface area contributed by atoms with Crippen LogP contribution in [0, 0.1) is 0 Å². The lowest BCUT2D eigenvalue weighted by molar-refractivity contribution is 0.0925. The Morgan fingerprint density at radius 3 is 3.04 bits per heavy atom. The van der Waals surface area contributed by atoms with Crippen molar-refractivity contribution in [1.29, 1.82) is 0 Å². The van der Waals surface area contributed by atoms with E-state index in [-0.39, 0.29) is 11.9 Å². The maximum atomic E-state index is 12.8. The second-order valence-electron chi connectivity index (χ2n) is 5.93. The molecule has 24 heavy (non-hydrogen) atoms. The quantitative estimate of drug-likeness (QED) is 0.710. The fourth-order valence-electron chi connectivity index (χ4n) is 3.20. The summed E-state index contributed by atoms with van der Waals surface area (Å²) in [6.07, 6.45) is 3.69. The van der Waals surface area contributed by atoms with E-state index >= 15 is 0 Å². The topological polar surface area (TPSA) is 55.1 Å². The van der Waals surface area contributed by atoms with E-state index < -0.39 is 0 Å². The molecule has 1 N–H and O–H groups in total. The third-order valence-corrected chi connectivity index (χ3v) is 6.33. The number of hydrogen-bond donors (Lipinski definition) is 1. The molecular formula is C18H18N2O2S2. The summed E-state index contributed by atoms with van der Waals surface area (Å²) in [4.78, 5) is 15.3. The third kappa shape index (κ3) is 2.70. The van der Waals surface area contributed by atoms with Crippen LogP contribution in [0.25, 0.3) is 11.3 Å². The Labute approximate surface area is 148 Å². The predicted octanol–water partition coefficient (Wildman–Crippen LogP) is 4.83. The van der Waals surface area contributed by atoms with Gasteiger partial charge in [0, 0.05) is 20.9 Å². The second kappa shape index (κ2) is 6.53. The molecule has 1 aliphatic carbocycles. The molecular weight excluding hydrogens is 340 g/mol. The summed E-state index contributed by atoms with van der Waals surface area (Å²) in [5.41, 5.74) is 2.48. The van der Waals surface area contributed by atoms with Crippen LogP contribution in [0.4, 0.5) is 0 Å². The number of hydrogen-bond acceptors (Lipinski definition) is 5. The van der Waals surface area contributed by atoms with Gasteiger partial charge in [0.25, 0.3) is 5.91 Å². The van der Waals surface area contributed by atoms with Crippen molar-refractivity contribution >= 4 is 28.6 Å². The summed E-state index contributed by atoms with van der Waals surface area (Å²) in [7, 11) is 0. The largest absolute Gasteiger partial charge is 0.355 e. The number of aromatic nitrogens is 1. The number of rotatable bonds is 5. The number of carbonyl (C=O) groups excluding carboxylic acids is 1. The van der Waals surface area contributed by atoms with Crippen LogP contribution < -0.4 is 5.32 Å². The number of aryl methyl sites for hydroxylation is 1. The van der Waals surface area contributed by atoms with E-state index in [1.165, 1.54) is 9.75 Å². The van der Waals surface area contributed by atoms with Gasteiger partial charge in [0.2, 0.25) is 0 Å². The summed E-state index contributed by atoms with van der Waals surface area (Å²) in [6.45, 7) is 2.13. The molecule has 1 amide bonds. The zero-order valence-corrected chi connectivity index (χ0v) is 15.0. The van der Waals surface area contributed by atoms with Crippen LogP contribution in [0.5, 0.6) is 0 Å². The first-order valence-electron chi connectivity index (χ1n) is 8.17. The molecule has 3 heterocycles. The van der Waals surface area contributed by atoms with Crippen LogP contribution in [0.15, 0.2) is 33.5 Å². The highest BCUT2D eigenvalue weighted by Gasteiger charge is 2.29. The smallest absolute Gasteiger partial charge is 0.274 e. The molecule has 124 valence electrons. The zero-order chi connectivity index (χ0) is 16.5. The highest BCUT2D eigenvalue weighted by Crippen LogP contribution is 2.38. The lowest BCUT2D eigenvalue weighted by Gasteiger charge is -2.16. The van der Waals surface area contributed by atoms with Gasteiger partial charge in [-0.25, -0.2) is 0 Å². The predicted molar refractivity (Wildman–Crippen MR) is 96.7 cm³/mol. The summed E-state index contributed by atoms with van der Waals surface area (Å²) in [5, 5.41) is 11.3. The van der Waals surface area contributed by atoms with Gasteiger partial charge in [-0.3, -0.25) is 4.79 Å². The van der Waals surface area contributed by atoms with E-state index in [4.69, 9.17) is 4.52 Å². The number of nitrogens with one attached hydrogen (secondary N) is 1. The Morgan fingerprint density at radius 1 is 1.33 bits per heavy atom. The van der Waals surface area contributed by atoms with Crippen molar-refractivity contribution in [3.8, 4) is 11.3 Å². The Hall–Kier alpha value is -1.92. The maximum Gasteiger partial charge on any atom is 0.274 e. The molecule has 0 saturated carbocycles. The van der Waals surface area contributed by atoms with E-state index in [0.29, 0.717) is 5.69 Å². The van der Waals surface area contributed by atoms with Gasteiger partial charge in [0.05, 0.1) is 6.04 Å². The molecule has 0 radical (unpaired) electrons. The summed E-state index contributed by atoms with van der Waals surface area (Å²) < 4.78 is 5.52. The van der Waals surface area contributed by atoms with Crippen molar-refractivity contribution in [3.63, 3.8) is 0 Å². The monoisotopic (exact) mass is 358 g/mol. The van der Waals surface area contributed by atoms with Gasteiger partial charge in [-0.05, 0) is 42.2 Å². The van der Waals surface area contributed by atoms with Crippen molar-refractivity contribution in [1.82, 2.24) is 10.5 Å². The van der Waals surface area contributed by atoms with Crippen molar-refractivity contribution in [3.05, 3.63) is 50.0 Å². The van der Waals surface area contributed by atoms with E-state index in [0.717, 1.165) is 42.6 Å². The average molecular weight is 358 g/mol. The fourth-order valence-corrected chi connectivity index (χ4v) is 4.89. The molecule has 0 aromatic carbocycles. The molecule has 0 bridgehead atoms. The first-order chi connectivity index (χ1) is 11.8. The van der Waals surface area contributed by atoms with E-state index in [1.54, 1.807) is 22.7 Å². The molecule has 0 saturated heterocycles. The van der Waals surface area contributed by atoms with Crippen molar-refractivity contribution in [2.45, 2.75) is 38.6 Å². The maximum absolute atomic E-state index is 12.8. The lowest BCUT2D eigenvalue weighted by Crippen LogP contribution is -2.29. The van der Waals surface area contributed by atoms with Gasteiger partial charge < -0.3 is 9.84 Å². The van der Waals surface area contributed by atoms with Gasteiger partial charge in [0.15, 0.2) is 11.5 Å². The molecule has 3 aromatic heterocycles. The number of fused-ring (bicyclic) bond motifs is 3. The molecule has 1 atom stereocenters. The Morgan fingerprint density at radius 2 is 2.25 bits per heavy atom. The molecule has 6 heteroatoms. The molecule has 0 aliphatic heterocycles. The van der Waals surface area contributed by atoms with Crippen molar-refractivity contribution in [2.24, 2.45) is 0 Å². The Kier molecular flexibility index (Phi) is 4.24. The minimum atomic E-state index is -0.134. The molecule has 4 rings (SSSR count). The minimum Gasteiger partial charge on any atom is -0.355 e. The number of amides is 1. The highest BCUT2D eigenvalue weighted by atomic mass is 32.1. The van der Waals surface area contributed by atoms with Crippen molar-refractivity contribution in [2.75, 3.05) is 0 Å². The molecule has 1 unspecified atom stereocenters. The number of thiophene rings is 2. The Bertz CT molecular complexity index is 848. The van der Waals surface area contributed by atoms with Gasteiger partial charge in [0.1, 0.15) is 0 Å². The van der Waals surface area contributed by atoms with Crippen LogP contribution in [0.1, 0.15) is 51.6 Å². The first kappa shape index (κ1) is 15.6. The Balaban J connectivity index is 1.60. The fraction of sp³-hybridized carbons (Fsp3) is 0.333. The standard InChI is InChI=1S/C18H18N2O2S2/c1-2-4-13(15-5-3-9-23-15)19-18(21)16-12-6-7-14-11(8-10-24-14)17(12)22-20-16/h3,5,8-10,13H,2,4,6-7H2,1H3,(H,19,21). The van der Waals surface area contributed by atoms with Gasteiger partial charge in [-0.15, -0.1) is 22.7 Å². The summed E-state index contributed by atoms with van der Waals surface area (Å²) in [6, 6.07) is 6.18. The van der Waals surface area contributed by atoms with E-state index in [1.807, 2.05) is 11.4 Å². The first-order valence-corrected chi connectivity index (χ1v) is 9.93. The van der Waals surface area contributed by atoms with Gasteiger partial charge in [-0.1, -0.05) is 24.6 Å².